The molecule has 0 N–H and O–H groups in total. The predicted octanol–water partition coefficient (Wildman–Crippen LogP) is 2.11. The monoisotopic (exact) mass is 162 g/mol. The average Bonchev–Trinajstić information content (AvgIpc) is 2.30. The summed E-state index contributed by atoms with van der Waals surface area (Å²) in [5.41, 5.74) is 1.88. The highest BCUT2D eigenvalue weighted by molar-refractivity contribution is 7.13. The van der Waals surface area contributed by atoms with Gasteiger partial charge < -0.3 is 0 Å². The van der Waals surface area contributed by atoms with Crippen LogP contribution in [0.2, 0.25) is 0 Å². The number of hydrogen-bond acceptors (Lipinski definition) is 3. The number of hydrogen-bond donors (Lipinski definition) is 0. The quantitative estimate of drug-likeness (QED) is 0.586. The van der Waals surface area contributed by atoms with Crippen LogP contribution in [0.1, 0.15) is 20.9 Å². The average molecular weight is 162 g/mol. The highest BCUT2D eigenvalue weighted by Crippen LogP contribution is 2.25. The van der Waals surface area contributed by atoms with E-state index in [1.54, 1.807) is 0 Å². The zero-order chi connectivity index (χ0) is 8.43. The van der Waals surface area contributed by atoms with E-state index in [0.717, 1.165) is 11.1 Å². The molecule has 0 atom stereocenters. The van der Waals surface area contributed by atoms with Crippen molar-refractivity contribution < 1.29 is 0 Å². The summed E-state index contributed by atoms with van der Waals surface area (Å²) in [6.45, 7) is 3.73. The zero-order valence-corrected chi connectivity index (χ0v) is 7.12. The van der Waals surface area contributed by atoms with Gasteiger partial charge in [0.2, 0.25) is 0 Å². The fourth-order valence-corrected chi connectivity index (χ4v) is 1.72. The minimum Gasteiger partial charge on any atom is -0.192 e. The molecular weight excluding hydrogens is 156 g/mol. The molecule has 0 saturated heterocycles. The first kappa shape index (κ1) is 7.78. The van der Waals surface area contributed by atoms with Crippen LogP contribution in [0, 0.1) is 36.5 Å². The third kappa shape index (κ3) is 1.11. The van der Waals surface area contributed by atoms with E-state index >= 15 is 0 Å². The van der Waals surface area contributed by atoms with E-state index in [1.165, 1.54) is 11.3 Å². The molecule has 0 amide bonds. The predicted molar refractivity (Wildman–Crippen MR) is 43.2 cm³/mol. The number of nitrogens with zero attached hydrogens (tertiary/aromatic N) is 2. The molecule has 54 valence electrons. The van der Waals surface area contributed by atoms with Crippen LogP contribution in [0.4, 0.5) is 0 Å². The molecule has 1 aromatic heterocycles. The van der Waals surface area contributed by atoms with Gasteiger partial charge in [0.15, 0.2) is 0 Å². The van der Waals surface area contributed by atoms with Crippen LogP contribution in [0.5, 0.6) is 0 Å². The summed E-state index contributed by atoms with van der Waals surface area (Å²) < 4.78 is 0. The zero-order valence-electron chi connectivity index (χ0n) is 6.30. The van der Waals surface area contributed by atoms with Gasteiger partial charge in [-0.25, -0.2) is 0 Å². The number of nitriles is 2. The van der Waals surface area contributed by atoms with E-state index < -0.39 is 0 Å². The molecule has 0 radical (unpaired) electrons. The summed E-state index contributed by atoms with van der Waals surface area (Å²) in [6.07, 6.45) is 0. The van der Waals surface area contributed by atoms with Gasteiger partial charge in [-0.3, -0.25) is 0 Å². The minimum atomic E-state index is 0.652. The third-order valence-electron chi connectivity index (χ3n) is 1.65. The van der Waals surface area contributed by atoms with Crippen LogP contribution in [0.15, 0.2) is 0 Å². The second-order valence-corrected chi connectivity index (χ2v) is 3.25. The maximum atomic E-state index is 8.60. The Labute approximate surface area is 69.3 Å². The maximum Gasteiger partial charge on any atom is 0.110 e. The van der Waals surface area contributed by atoms with Gasteiger partial charge in [-0.1, -0.05) is 0 Å². The molecular formula is C8H6N2S. The van der Waals surface area contributed by atoms with Crippen molar-refractivity contribution in [3.8, 4) is 12.1 Å². The van der Waals surface area contributed by atoms with Crippen molar-refractivity contribution in [2.75, 3.05) is 0 Å². The van der Waals surface area contributed by atoms with E-state index in [9.17, 15) is 0 Å². The highest BCUT2D eigenvalue weighted by Gasteiger charge is 2.09. The Morgan fingerprint density at radius 1 is 1.00 bits per heavy atom. The molecule has 11 heavy (non-hydrogen) atoms. The topological polar surface area (TPSA) is 47.6 Å². The molecule has 0 unspecified atom stereocenters. The number of thiophene rings is 1. The van der Waals surface area contributed by atoms with Crippen molar-refractivity contribution in [3.63, 3.8) is 0 Å². The normalized spacial score (nSPS) is 8.73. The summed E-state index contributed by atoms with van der Waals surface area (Å²) in [6, 6.07) is 4.12. The molecule has 0 saturated carbocycles. The Morgan fingerprint density at radius 2 is 1.36 bits per heavy atom. The molecule has 3 heteroatoms. The molecule has 0 spiro atoms. The smallest absolute Gasteiger partial charge is 0.110 e. The molecule has 2 nitrogen and oxygen atoms in total. The van der Waals surface area contributed by atoms with Gasteiger partial charge in [0.1, 0.15) is 21.9 Å². The Bertz CT molecular complexity index is 328. The van der Waals surface area contributed by atoms with Crippen LogP contribution in [0.3, 0.4) is 0 Å². The number of rotatable bonds is 0. The standard InChI is InChI=1S/C8H6N2S/c1-5-6(2)8(4-10)11-7(5)3-9/h1-2H3. The second kappa shape index (κ2) is 2.74. The Balaban J connectivity index is 3.40. The fraction of sp³-hybridized carbons (Fsp3) is 0.250. The lowest BCUT2D eigenvalue weighted by atomic mass is 10.1. The summed E-state index contributed by atoms with van der Waals surface area (Å²) in [5, 5.41) is 17.2. The molecule has 0 aliphatic heterocycles. The molecule has 0 fully saturated rings. The van der Waals surface area contributed by atoms with Gasteiger partial charge in [0.05, 0.1) is 0 Å². The molecule has 0 aliphatic rings. The summed E-state index contributed by atoms with van der Waals surface area (Å²) in [4.78, 5) is 1.30. The van der Waals surface area contributed by atoms with Crippen molar-refractivity contribution in [1.29, 1.82) is 10.5 Å². The lowest BCUT2D eigenvalue weighted by Gasteiger charge is -1.86. The first-order valence-corrected chi connectivity index (χ1v) is 3.92. The van der Waals surface area contributed by atoms with Crippen LogP contribution in [0.25, 0.3) is 0 Å². The molecule has 1 heterocycles. The second-order valence-electron chi connectivity index (χ2n) is 2.23. The van der Waals surface area contributed by atoms with Crippen molar-refractivity contribution >= 4 is 11.3 Å². The van der Waals surface area contributed by atoms with Gasteiger partial charge in [0, 0.05) is 0 Å². The molecule has 0 aromatic carbocycles. The van der Waals surface area contributed by atoms with E-state index in [2.05, 4.69) is 12.1 Å². The van der Waals surface area contributed by atoms with E-state index in [1.807, 2.05) is 13.8 Å². The van der Waals surface area contributed by atoms with Gasteiger partial charge in [-0.2, -0.15) is 10.5 Å². The van der Waals surface area contributed by atoms with Crippen LogP contribution in [-0.4, -0.2) is 0 Å². The maximum absolute atomic E-state index is 8.60. The van der Waals surface area contributed by atoms with Crippen molar-refractivity contribution in [2.24, 2.45) is 0 Å². The minimum absolute atomic E-state index is 0.652. The van der Waals surface area contributed by atoms with Crippen molar-refractivity contribution in [3.05, 3.63) is 20.9 Å². The van der Waals surface area contributed by atoms with Crippen LogP contribution in [-0.2, 0) is 0 Å². The summed E-state index contributed by atoms with van der Waals surface area (Å²) in [5.74, 6) is 0. The lowest BCUT2D eigenvalue weighted by molar-refractivity contribution is 1.36. The Kier molecular flexibility index (Phi) is 1.94. The van der Waals surface area contributed by atoms with Crippen LogP contribution < -0.4 is 0 Å². The lowest BCUT2D eigenvalue weighted by Crippen LogP contribution is -1.75. The van der Waals surface area contributed by atoms with Gasteiger partial charge in [-0.05, 0) is 25.0 Å². The first-order valence-electron chi connectivity index (χ1n) is 3.11. The summed E-state index contributed by atoms with van der Waals surface area (Å²) >= 11 is 1.26. The van der Waals surface area contributed by atoms with Crippen molar-refractivity contribution in [1.82, 2.24) is 0 Å². The van der Waals surface area contributed by atoms with Crippen molar-refractivity contribution in [2.45, 2.75) is 13.8 Å². The van der Waals surface area contributed by atoms with E-state index in [-0.39, 0.29) is 0 Å². The van der Waals surface area contributed by atoms with E-state index in [4.69, 9.17) is 10.5 Å². The van der Waals surface area contributed by atoms with Gasteiger partial charge in [0.25, 0.3) is 0 Å². The summed E-state index contributed by atoms with van der Waals surface area (Å²) in [7, 11) is 0. The Morgan fingerprint density at radius 3 is 1.55 bits per heavy atom. The first-order chi connectivity index (χ1) is 5.20. The Hall–Kier alpha value is -1.32. The molecule has 1 aromatic rings. The highest BCUT2D eigenvalue weighted by atomic mass is 32.1. The van der Waals surface area contributed by atoms with E-state index in [0.29, 0.717) is 9.75 Å². The largest absolute Gasteiger partial charge is 0.192 e. The van der Waals surface area contributed by atoms with Gasteiger partial charge >= 0.3 is 0 Å². The van der Waals surface area contributed by atoms with Gasteiger partial charge in [-0.15, -0.1) is 11.3 Å². The van der Waals surface area contributed by atoms with Crippen LogP contribution >= 0.6 is 11.3 Å². The molecule has 1 rings (SSSR count). The fourth-order valence-electron chi connectivity index (χ4n) is 0.809. The SMILES string of the molecule is Cc1c(C#N)sc(C#N)c1C. The molecule has 0 aliphatic carbocycles. The third-order valence-corrected chi connectivity index (χ3v) is 2.85. The molecule has 0 bridgehead atoms.